The first kappa shape index (κ1) is 17.6. The molecule has 1 amide bonds. The number of benzene rings is 1. The molecule has 0 saturated heterocycles. The van der Waals surface area contributed by atoms with Gasteiger partial charge in [-0.15, -0.1) is 0 Å². The molecule has 1 aromatic carbocycles. The molecule has 3 rings (SSSR count). The molecular formula is C18H19ClN2O4. The van der Waals surface area contributed by atoms with Gasteiger partial charge in [-0.2, -0.15) is 5.26 Å². The predicted molar refractivity (Wildman–Crippen MR) is 90.0 cm³/mol. The monoisotopic (exact) mass is 362 g/mol. The Bertz CT molecular complexity index is 741. The maximum absolute atomic E-state index is 12.2. The van der Waals surface area contributed by atoms with Crippen molar-refractivity contribution in [3.8, 4) is 11.8 Å². The molecule has 0 bridgehead atoms. The van der Waals surface area contributed by atoms with E-state index >= 15 is 0 Å². The number of esters is 1. The second-order valence-corrected chi connectivity index (χ2v) is 7.14. The Balaban J connectivity index is 1.51. The summed E-state index contributed by atoms with van der Waals surface area (Å²) in [6, 6.07) is 7.40. The summed E-state index contributed by atoms with van der Waals surface area (Å²) in [7, 11) is 0. The largest absolute Gasteiger partial charge is 0.492 e. The Morgan fingerprint density at radius 1 is 1.48 bits per heavy atom. The molecule has 1 N–H and O–H groups in total. The van der Waals surface area contributed by atoms with Crippen LogP contribution in [0.2, 0.25) is 5.02 Å². The van der Waals surface area contributed by atoms with E-state index in [0.29, 0.717) is 17.2 Å². The maximum Gasteiger partial charge on any atom is 0.313 e. The molecule has 6 nitrogen and oxygen atoms in total. The van der Waals surface area contributed by atoms with Crippen molar-refractivity contribution in [1.29, 1.82) is 5.26 Å². The minimum absolute atomic E-state index is 0.171. The van der Waals surface area contributed by atoms with Crippen molar-refractivity contribution in [1.82, 2.24) is 5.32 Å². The average Bonchev–Trinajstić information content (AvgIpc) is 3.44. The summed E-state index contributed by atoms with van der Waals surface area (Å²) in [4.78, 5) is 24.2. The molecule has 1 aliphatic heterocycles. The van der Waals surface area contributed by atoms with E-state index in [1.807, 2.05) is 0 Å². The molecule has 1 aliphatic carbocycles. The lowest BCUT2D eigenvalue weighted by atomic mass is 9.97. The number of rotatable bonds is 5. The molecule has 25 heavy (non-hydrogen) atoms. The number of nitriles is 1. The molecule has 0 unspecified atom stereocenters. The van der Waals surface area contributed by atoms with Crippen LogP contribution in [0.3, 0.4) is 0 Å². The van der Waals surface area contributed by atoms with Crippen molar-refractivity contribution >= 4 is 23.5 Å². The highest BCUT2D eigenvalue weighted by atomic mass is 35.5. The van der Waals surface area contributed by atoms with Crippen LogP contribution in [0, 0.1) is 23.2 Å². The molecule has 2 atom stereocenters. The van der Waals surface area contributed by atoms with Crippen molar-refractivity contribution < 1.29 is 19.1 Å². The van der Waals surface area contributed by atoms with Gasteiger partial charge in [0.1, 0.15) is 17.9 Å². The minimum atomic E-state index is -0.896. The lowest BCUT2D eigenvalue weighted by molar-refractivity contribution is -0.154. The van der Waals surface area contributed by atoms with Gasteiger partial charge in [-0.25, -0.2) is 0 Å². The number of hydrogen-bond acceptors (Lipinski definition) is 5. The second kappa shape index (κ2) is 6.93. The second-order valence-electron chi connectivity index (χ2n) is 6.71. The zero-order valence-electron chi connectivity index (χ0n) is 13.9. The summed E-state index contributed by atoms with van der Waals surface area (Å²) in [6.45, 7) is 1.49. The Morgan fingerprint density at radius 2 is 2.24 bits per heavy atom. The number of carbonyl (C=O) groups excluding carboxylic acids is 2. The fraction of sp³-hybridized carbons (Fsp3) is 0.500. The van der Waals surface area contributed by atoms with Crippen molar-refractivity contribution in [3.05, 3.63) is 28.8 Å². The van der Waals surface area contributed by atoms with Gasteiger partial charge in [0.05, 0.1) is 12.0 Å². The average molecular weight is 363 g/mol. The molecule has 7 heteroatoms. The van der Waals surface area contributed by atoms with Crippen LogP contribution in [0.5, 0.6) is 5.75 Å². The zero-order chi connectivity index (χ0) is 18.0. The Kier molecular flexibility index (Phi) is 4.87. The SMILES string of the molecule is C[C@@](C#N)(NC(=O)COC(=O)[C@H]1COc2ccc(Cl)cc2C1)C1CC1. The Labute approximate surface area is 151 Å². The first-order valence-corrected chi connectivity index (χ1v) is 8.59. The molecule has 1 saturated carbocycles. The first-order valence-electron chi connectivity index (χ1n) is 8.21. The summed E-state index contributed by atoms with van der Waals surface area (Å²) in [5.74, 6) is -0.564. The van der Waals surface area contributed by atoms with E-state index in [-0.39, 0.29) is 12.5 Å². The third kappa shape index (κ3) is 4.05. The van der Waals surface area contributed by atoms with Crippen LogP contribution >= 0.6 is 11.6 Å². The van der Waals surface area contributed by atoms with Gasteiger partial charge in [0.15, 0.2) is 6.61 Å². The highest BCUT2D eigenvalue weighted by Gasteiger charge is 2.43. The Morgan fingerprint density at radius 3 is 2.92 bits per heavy atom. The maximum atomic E-state index is 12.2. The topological polar surface area (TPSA) is 88.4 Å². The fourth-order valence-corrected chi connectivity index (χ4v) is 3.17. The summed E-state index contributed by atoms with van der Waals surface area (Å²) in [6.07, 6.45) is 2.30. The Hall–Kier alpha value is -2.26. The lowest BCUT2D eigenvalue weighted by Crippen LogP contribution is -2.48. The zero-order valence-corrected chi connectivity index (χ0v) is 14.6. The van der Waals surface area contributed by atoms with Crippen molar-refractivity contribution in [2.24, 2.45) is 11.8 Å². The standard InChI is InChI=1S/C18H19ClN2O4/c1-18(10-20,13-2-3-13)21-16(22)9-25-17(23)12-6-11-7-14(19)4-5-15(11)24-8-12/h4-5,7,12-13H,2-3,6,8-9H2,1H3,(H,21,22)/t12-,18+/m1/s1. The quantitative estimate of drug-likeness (QED) is 0.811. The summed E-state index contributed by atoms with van der Waals surface area (Å²) < 4.78 is 10.7. The number of fused-ring (bicyclic) bond motifs is 1. The van der Waals surface area contributed by atoms with Gasteiger partial charge in [-0.1, -0.05) is 11.6 Å². The van der Waals surface area contributed by atoms with E-state index in [1.165, 1.54) is 0 Å². The van der Waals surface area contributed by atoms with Gasteiger partial charge in [0, 0.05) is 5.02 Å². The van der Waals surface area contributed by atoms with E-state index < -0.39 is 29.9 Å². The normalized spacial score (nSPS) is 21.1. The number of hydrogen-bond donors (Lipinski definition) is 1. The van der Waals surface area contributed by atoms with Crippen LogP contribution < -0.4 is 10.1 Å². The molecular weight excluding hydrogens is 344 g/mol. The minimum Gasteiger partial charge on any atom is -0.492 e. The number of ether oxygens (including phenoxy) is 2. The molecule has 132 valence electrons. The van der Waals surface area contributed by atoms with Gasteiger partial charge in [-0.3, -0.25) is 9.59 Å². The van der Waals surface area contributed by atoms with Crippen LogP contribution in [0.4, 0.5) is 0 Å². The van der Waals surface area contributed by atoms with Crippen molar-refractivity contribution in [2.75, 3.05) is 13.2 Å². The number of nitrogens with zero attached hydrogens (tertiary/aromatic N) is 1. The summed E-state index contributed by atoms with van der Waals surface area (Å²) in [5.41, 5.74) is -0.0522. The van der Waals surface area contributed by atoms with Crippen LogP contribution in [-0.4, -0.2) is 30.6 Å². The molecule has 1 heterocycles. The molecule has 0 spiro atoms. The summed E-state index contributed by atoms with van der Waals surface area (Å²) >= 11 is 5.96. The van der Waals surface area contributed by atoms with Gasteiger partial charge in [-0.05, 0) is 55.9 Å². The molecule has 1 aromatic rings. The van der Waals surface area contributed by atoms with E-state index in [2.05, 4.69) is 11.4 Å². The van der Waals surface area contributed by atoms with Crippen molar-refractivity contribution in [3.63, 3.8) is 0 Å². The van der Waals surface area contributed by atoms with Crippen LogP contribution in [-0.2, 0) is 20.7 Å². The molecule has 2 aliphatic rings. The van der Waals surface area contributed by atoms with E-state index in [4.69, 9.17) is 21.1 Å². The summed E-state index contributed by atoms with van der Waals surface area (Å²) in [5, 5.41) is 12.5. The predicted octanol–water partition coefficient (Wildman–Crippen LogP) is 2.24. The molecule has 0 aromatic heterocycles. The number of carbonyl (C=O) groups is 2. The van der Waals surface area contributed by atoms with Crippen molar-refractivity contribution in [2.45, 2.75) is 31.7 Å². The van der Waals surface area contributed by atoms with E-state index in [0.717, 1.165) is 18.4 Å². The number of amides is 1. The molecule has 0 radical (unpaired) electrons. The first-order chi connectivity index (χ1) is 11.9. The third-order valence-electron chi connectivity index (χ3n) is 4.63. The van der Waals surface area contributed by atoms with Gasteiger partial charge in [0.2, 0.25) is 0 Å². The molecule has 1 fully saturated rings. The highest BCUT2D eigenvalue weighted by molar-refractivity contribution is 6.30. The number of halogens is 1. The lowest BCUT2D eigenvalue weighted by Gasteiger charge is -2.25. The van der Waals surface area contributed by atoms with Gasteiger partial charge in [0.25, 0.3) is 5.91 Å². The van der Waals surface area contributed by atoms with Gasteiger partial charge < -0.3 is 14.8 Å². The van der Waals surface area contributed by atoms with Crippen LogP contribution in [0.1, 0.15) is 25.3 Å². The van der Waals surface area contributed by atoms with Crippen LogP contribution in [0.25, 0.3) is 0 Å². The third-order valence-corrected chi connectivity index (χ3v) is 4.87. The van der Waals surface area contributed by atoms with Gasteiger partial charge >= 0.3 is 5.97 Å². The smallest absolute Gasteiger partial charge is 0.313 e. The van der Waals surface area contributed by atoms with E-state index in [1.54, 1.807) is 25.1 Å². The number of nitrogens with one attached hydrogen (secondary N) is 1. The fourth-order valence-electron chi connectivity index (χ4n) is 2.98. The van der Waals surface area contributed by atoms with Crippen LogP contribution in [0.15, 0.2) is 18.2 Å². The van der Waals surface area contributed by atoms with E-state index in [9.17, 15) is 14.9 Å². The highest BCUT2D eigenvalue weighted by Crippen LogP contribution is 2.39.